The van der Waals surface area contributed by atoms with Crippen LogP contribution in [0.2, 0.25) is 0 Å². The minimum absolute atomic E-state index is 0.244. The van der Waals surface area contributed by atoms with Crippen LogP contribution in [0.3, 0.4) is 0 Å². The molecule has 1 heterocycles. The van der Waals surface area contributed by atoms with E-state index in [-0.39, 0.29) is 11.0 Å². The summed E-state index contributed by atoms with van der Waals surface area (Å²) in [5.41, 5.74) is 1.21. The van der Waals surface area contributed by atoms with E-state index in [0.29, 0.717) is 6.42 Å². The van der Waals surface area contributed by atoms with E-state index in [2.05, 4.69) is 35.9 Å². The molecule has 0 aromatic heterocycles. The lowest BCUT2D eigenvalue weighted by Crippen LogP contribution is -2.45. The Morgan fingerprint density at radius 3 is 2.46 bits per heavy atom. The lowest BCUT2D eigenvalue weighted by Gasteiger charge is -2.32. The minimum atomic E-state index is 0.244. The van der Waals surface area contributed by atoms with Crippen molar-refractivity contribution in [3.05, 3.63) is 29.8 Å². The van der Waals surface area contributed by atoms with Crippen LogP contribution in [0.4, 0.5) is 0 Å². The summed E-state index contributed by atoms with van der Waals surface area (Å²) in [6.45, 7) is 10.0. The average Bonchev–Trinajstić information content (AvgIpc) is 2.57. The van der Waals surface area contributed by atoms with E-state index in [1.807, 2.05) is 23.9 Å². The van der Waals surface area contributed by atoms with Crippen LogP contribution in [0, 0.1) is 0 Å². The van der Waals surface area contributed by atoms with Gasteiger partial charge in [0.2, 0.25) is 0 Å². The molecule has 1 atom stereocenters. The third kappa shape index (κ3) is 6.46. The zero-order chi connectivity index (χ0) is 17.4. The molecule has 0 aliphatic carbocycles. The zero-order valence-corrected chi connectivity index (χ0v) is 16.0. The highest BCUT2D eigenvalue weighted by molar-refractivity contribution is 7.99. The number of carbonyl (C=O) groups excluding carboxylic acids is 1. The molecular formula is C19H30N2O2S. The Kier molecular flexibility index (Phi) is 8.09. The highest BCUT2D eigenvalue weighted by atomic mass is 32.2. The number of benzene rings is 1. The monoisotopic (exact) mass is 350 g/mol. The number of Topliss-reactive ketones (excluding diaryl/α,β-unsaturated/α-hetero) is 1. The Morgan fingerprint density at radius 1 is 1.21 bits per heavy atom. The molecule has 0 bridgehead atoms. The quantitative estimate of drug-likeness (QED) is 0.683. The maximum Gasteiger partial charge on any atom is 0.131 e. The number of rotatable bonds is 9. The maximum atomic E-state index is 11.4. The summed E-state index contributed by atoms with van der Waals surface area (Å²) in [5.74, 6) is 2.17. The predicted molar refractivity (Wildman–Crippen MR) is 102 cm³/mol. The van der Waals surface area contributed by atoms with Crippen LogP contribution in [-0.4, -0.2) is 67.7 Å². The summed E-state index contributed by atoms with van der Waals surface area (Å²) in [5, 5.41) is 0.256. The van der Waals surface area contributed by atoms with Gasteiger partial charge in [0, 0.05) is 44.4 Å². The standard InChI is InChI=1S/C19H30N2O2S/c1-4-24-19(15-16(2)22)17-5-7-18(8-6-17)23-14-13-21-11-9-20(3)10-12-21/h5-8,19H,4,9-15H2,1-3H3. The van der Waals surface area contributed by atoms with E-state index >= 15 is 0 Å². The number of thioether (sulfide) groups is 1. The zero-order valence-electron chi connectivity index (χ0n) is 15.2. The molecule has 2 rings (SSSR count). The number of ketones is 1. The van der Waals surface area contributed by atoms with Crippen molar-refractivity contribution in [1.29, 1.82) is 0 Å². The molecule has 5 heteroatoms. The van der Waals surface area contributed by atoms with Gasteiger partial charge in [0.05, 0.1) is 0 Å². The summed E-state index contributed by atoms with van der Waals surface area (Å²) in [7, 11) is 2.17. The number of hydrogen-bond donors (Lipinski definition) is 0. The second-order valence-electron chi connectivity index (χ2n) is 6.41. The largest absolute Gasteiger partial charge is 0.492 e. The lowest BCUT2D eigenvalue weighted by molar-refractivity contribution is -0.117. The second-order valence-corrected chi connectivity index (χ2v) is 7.89. The van der Waals surface area contributed by atoms with Crippen LogP contribution in [0.25, 0.3) is 0 Å². The molecule has 0 spiro atoms. The fourth-order valence-electron chi connectivity index (χ4n) is 2.88. The van der Waals surface area contributed by atoms with E-state index in [4.69, 9.17) is 4.74 Å². The Hall–Kier alpha value is -1.04. The summed E-state index contributed by atoms with van der Waals surface area (Å²) in [6, 6.07) is 8.26. The van der Waals surface area contributed by atoms with Crippen LogP contribution in [0.5, 0.6) is 5.75 Å². The third-order valence-corrected chi connectivity index (χ3v) is 5.54. The smallest absolute Gasteiger partial charge is 0.131 e. The molecule has 24 heavy (non-hydrogen) atoms. The van der Waals surface area contributed by atoms with E-state index in [0.717, 1.165) is 50.8 Å². The molecule has 0 radical (unpaired) electrons. The van der Waals surface area contributed by atoms with Crippen molar-refractivity contribution in [3.63, 3.8) is 0 Å². The normalized spacial score (nSPS) is 17.6. The highest BCUT2D eigenvalue weighted by Gasteiger charge is 2.15. The molecule has 1 unspecified atom stereocenters. The van der Waals surface area contributed by atoms with Gasteiger partial charge < -0.3 is 9.64 Å². The van der Waals surface area contributed by atoms with Gasteiger partial charge in [-0.1, -0.05) is 19.1 Å². The van der Waals surface area contributed by atoms with Crippen LogP contribution in [0.1, 0.15) is 31.1 Å². The first-order chi connectivity index (χ1) is 11.6. The highest BCUT2D eigenvalue weighted by Crippen LogP contribution is 2.33. The Balaban J connectivity index is 1.79. The van der Waals surface area contributed by atoms with Crippen LogP contribution in [0.15, 0.2) is 24.3 Å². The Bertz CT molecular complexity index is 499. The van der Waals surface area contributed by atoms with Crippen molar-refractivity contribution in [2.75, 3.05) is 52.1 Å². The minimum Gasteiger partial charge on any atom is -0.492 e. The van der Waals surface area contributed by atoms with Gasteiger partial charge in [0.25, 0.3) is 0 Å². The summed E-state index contributed by atoms with van der Waals surface area (Å²) in [6.07, 6.45) is 0.599. The van der Waals surface area contributed by atoms with Crippen molar-refractivity contribution in [2.24, 2.45) is 0 Å². The molecule has 4 nitrogen and oxygen atoms in total. The molecule has 1 aliphatic rings. The molecule has 0 N–H and O–H groups in total. The van der Waals surface area contributed by atoms with Gasteiger partial charge in [-0.3, -0.25) is 9.69 Å². The molecule has 1 aromatic rings. The summed E-state index contributed by atoms with van der Waals surface area (Å²) < 4.78 is 5.88. The first-order valence-electron chi connectivity index (χ1n) is 8.83. The Morgan fingerprint density at radius 2 is 1.88 bits per heavy atom. The number of ether oxygens (including phenoxy) is 1. The number of piperazine rings is 1. The first-order valence-corrected chi connectivity index (χ1v) is 9.88. The van der Waals surface area contributed by atoms with Crippen molar-refractivity contribution < 1.29 is 9.53 Å². The van der Waals surface area contributed by atoms with Gasteiger partial charge >= 0.3 is 0 Å². The molecule has 1 aliphatic heterocycles. The van der Waals surface area contributed by atoms with Gasteiger partial charge in [0.1, 0.15) is 18.1 Å². The van der Waals surface area contributed by atoms with E-state index in [1.54, 1.807) is 6.92 Å². The second kappa shape index (κ2) is 10.1. The summed E-state index contributed by atoms with van der Waals surface area (Å²) in [4.78, 5) is 16.3. The van der Waals surface area contributed by atoms with E-state index in [9.17, 15) is 4.79 Å². The van der Waals surface area contributed by atoms with Crippen molar-refractivity contribution in [1.82, 2.24) is 9.80 Å². The third-order valence-electron chi connectivity index (χ3n) is 4.36. The maximum absolute atomic E-state index is 11.4. The van der Waals surface area contributed by atoms with Crippen LogP contribution >= 0.6 is 11.8 Å². The molecule has 0 amide bonds. The Labute approximate surface area is 150 Å². The van der Waals surface area contributed by atoms with Gasteiger partial charge in [-0.25, -0.2) is 0 Å². The van der Waals surface area contributed by atoms with E-state index in [1.165, 1.54) is 5.56 Å². The molecule has 1 fully saturated rings. The number of hydrogen-bond acceptors (Lipinski definition) is 5. The van der Waals surface area contributed by atoms with Gasteiger partial charge in [-0.15, -0.1) is 0 Å². The van der Waals surface area contributed by atoms with Gasteiger partial charge in [-0.05, 0) is 37.4 Å². The average molecular weight is 351 g/mol. The summed E-state index contributed by atoms with van der Waals surface area (Å²) >= 11 is 1.83. The fourth-order valence-corrected chi connectivity index (χ4v) is 3.98. The van der Waals surface area contributed by atoms with Crippen molar-refractivity contribution in [2.45, 2.75) is 25.5 Å². The molecule has 1 saturated heterocycles. The number of nitrogens with zero attached hydrogens (tertiary/aromatic N) is 2. The number of carbonyl (C=O) groups is 1. The lowest BCUT2D eigenvalue weighted by atomic mass is 10.1. The molecule has 1 aromatic carbocycles. The van der Waals surface area contributed by atoms with Crippen molar-refractivity contribution in [3.8, 4) is 5.75 Å². The fraction of sp³-hybridized carbons (Fsp3) is 0.632. The van der Waals surface area contributed by atoms with Crippen LogP contribution in [-0.2, 0) is 4.79 Å². The molecule has 134 valence electrons. The SMILES string of the molecule is CCSC(CC(C)=O)c1ccc(OCCN2CCN(C)CC2)cc1. The van der Waals surface area contributed by atoms with Gasteiger partial charge in [-0.2, -0.15) is 11.8 Å². The van der Waals surface area contributed by atoms with E-state index < -0.39 is 0 Å². The molecule has 0 saturated carbocycles. The molecular weight excluding hydrogens is 320 g/mol. The van der Waals surface area contributed by atoms with Crippen molar-refractivity contribution >= 4 is 17.5 Å². The topological polar surface area (TPSA) is 32.8 Å². The van der Waals surface area contributed by atoms with Gasteiger partial charge in [0.15, 0.2) is 0 Å². The van der Waals surface area contributed by atoms with Crippen LogP contribution < -0.4 is 4.74 Å². The first kappa shape index (κ1) is 19.3. The predicted octanol–water partition coefficient (Wildman–Crippen LogP) is 3.09. The number of likely N-dealkylation sites (N-methyl/N-ethyl adjacent to an activating group) is 1.